The van der Waals surface area contributed by atoms with Crippen LogP contribution in [0, 0.1) is 11.7 Å². The van der Waals surface area contributed by atoms with Gasteiger partial charge in [-0.15, -0.1) is 0 Å². The quantitative estimate of drug-likeness (QED) is 0.808. The number of nitrogens with zero attached hydrogens (tertiary/aromatic N) is 4. The zero-order valence-corrected chi connectivity index (χ0v) is 14.9. The van der Waals surface area contributed by atoms with Gasteiger partial charge in [0, 0.05) is 44.9 Å². The highest BCUT2D eigenvalue weighted by molar-refractivity contribution is 5.73. The van der Waals surface area contributed by atoms with Gasteiger partial charge in [0.05, 0.1) is 12.7 Å². The van der Waals surface area contributed by atoms with Crippen LogP contribution < -0.4 is 0 Å². The van der Waals surface area contributed by atoms with Gasteiger partial charge in [0.2, 0.25) is 5.91 Å². The third kappa shape index (κ3) is 4.89. The van der Waals surface area contributed by atoms with E-state index in [1.54, 1.807) is 19.1 Å². The number of carbonyl (C=O) groups excluding carboxylic acids is 1. The van der Waals surface area contributed by atoms with E-state index in [0.717, 1.165) is 43.7 Å². The molecule has 25 heavy (non-hydrogen) atoms. The molecule has 2 heterocycles. The van der Waals surface area contributed by atoms with Crippen molar-refractivity contribution in [1.82, 2.24) is 19.6 Å². The molecule has 1 amide bonds. The smallest absolute Gasteiger partial charge is 0.219 e. The van der Waals surface area contributed by atoms with Crippen molar-refractivity contribution in [2.45, 2.75) is 26.4 Å². The molecule has 1 saturated heterocycles. The summed E-state index contributed by atoms with van der Waals surface area (Å²) in [6.07, 6.45) is 5.00. The van der Waals surface area contributed by atoms with Crippen molar-refractivity contribution in [3.63, 3.8) is 0 Å². The van der Waals surface area contributed by atoms with E-state index < -0.39 is 0 Å². The van der Waals surface area contributed by atoms with Crippen molar-refractivity contribution in [3.05, 3.63) is 53.6 Å². The Morgan fingerprint density at radius 2 is 2.08 bits per heavy atom. The molecule has 0 unspecified atom stereocenters. The molecule has 1 aromatic heterocycles. The lowest BCUT2D eigenvalue weighted by Gasteiger charge is -2.20. The lowest BCUT2D eigenvalue weighted by Crippen LogP contribution is -2.30. The normalized spacial score (nSPS) is 17.4. The van der Waals surface area contributed by atoms with Crippen LogP contribution >= 0.6 is 0 Å². The van der Waals surface area contributed by atoms with E-state index in [0.29, 0.717) is 12.5 Å². The third-order valence-electron chi connectivity index (χ3n) is 4.70. The zero-order chi connectivity index (χ0) is 17.8. The fraction of sp³-hybridized carbons (Fsp3) is 0.474. The minimum Gasteiger partial charge on any atom is -0.343 e. The van der Waals surface area contributed by atoms with E-state index in [4.69, 9.17) is 0 Å². The molecule has 0 bridgehead atoms. The van der Waals surface area contributed by atoms with E-state index >= 15 is 0 Å². The first-order valence-electron chi connectivity index (χ1n) is 8.69. The Morgan fingerprint density at radius 3 is 2.76 bits per heavy atom. The zero-order valence-electron chi connectivity index (χ0n) is 14.9. The summed E-state index contributed by atoms with van der Waals surface area (Å²) >= 11 is 0. The van der Waals surface area contributed by atoms with Gasteiger partial charge >= 0.3 is 0 Å². The monoisotopic (exact) mass is 344 g/mol. The molecule has 0 saturated carbocycles. The lowest BCUT2D eigenvalue weighted by atomic mass is 10.1. The van der Waals surface area contributed by atoms with E-state index in [9.17, 15) is 9.18 Å². The van der Waals surface area contributed by atoms with E-state index in [1.165, 1.54) is 12.1 Å². The van der Waals surface area contributed by atoms with Crippen molar-refractivity contribution in [2.24, 2.45) is 5.92 Å². The highest BCUT2D eigenvalue weighted by Gasteiger charge is 2.25. The van der Waals surface area contributed by atoms with Gasteiger partial charge in [0.15, 0.2) is 0 Å². The van der Waals surface area contributed by atoms with Crippen molar-refractivity contribution in [3.8, 4) is 0 Å². The number of benzene rings is 1. The number of amides is 1. The molecular formula is C19H25FN4O. The minimum atomic E-state index is -0.221. The summed E-state index contributed by atoms with van der Waals surface area (Å²) in [5.74, 6) is 0.497. The van der Waals surface area contributed by atoms with E-state index in [1.807, 2.05) is 22.0 Å². The van der Waals surface area contributed by atoms with Gasteiger partial charge in [0.25, 0.3) is 0 Å². The Morgan fingerprint density at radius 1 is 1.32 bits per heavy atom. The van der Waals surface area contributed by atoms with Crippen molar-refractivity contribution in [1.29, 1.82) is 0 Å². The predicted octanol–water partition coefficient (Wildman–Crippen LogP) is 2.37. The second-order valence-electron chi connectivity index (χ2n) is 6.99. The van der Waals surface area contributed by atoms with E-state index in [-0.39, 0.29) is 11.7 Å². The van der Waals surface area contributed by atoms with Crippen LogP contribution in [0.3, 0.4) is 0 Å². The van der Waals surface area contributed by atoms with Crippen LogP contribution in [0.5, 0.6) is 0 Å². The summed E-state index contributed by atoms with van der Waals surface area (Å²) in [6.45, 7) is 5.83. The average Bonchev–Trinajstić information content (AvgIpc) is 3.19. The number of carbonyl (C=O) groups is 1. The maximum Gasteiger partial charge on any atom is 0.219 e. The standard InChI is InChI=1S/C19H25FN4O/c1-15(25)23-8-7-17(12-23)10-22(2)11-18-9-21-24(14-18)13-16-3-5-19(20)6-4-16/h3-6,9,14,17H,7-8,10-13H2,1-2H3/t17-/m1/s1. The Labute approximate surface area is 148 Å². The first-order chi connectivity index (χ1) is 12.0. The maximum atomic E-state index is 13.0. The molecule has 5 nitrogen and oxygen atoms in total. The SMILES string of the molecule is CC(=O)N1CC[C@H](CN(C)Cc2cnn(Cc3ccc(F)cc3)c2)C1. The Hall–Kier alpha value is -2.21. The highest BCUT2D eigenvalue weighted by atomic mass is 19.1. The van der Waals surface area contributed by atoms with Crippen LogP contribution in [0.4, 0.5) is 4.39 Å². The molecule has 0 N–H and O–H groups in total. The molecule has 134 valence electrons. The number of aromatic nitrogens is 2. The summed E-state index contributed by atoms with van der Waals surface area (Å²) in [5.41, 5.74) is 2.19. The molecular weight excluding hydrogens is 319 g/mol. The summed E-state index contributed by atoms with van der Waals surface area (Å²) in [7, 11) is 2.10. The molecule has 6 heteroatoms. The van der Waals surface area contributed by atoms with Crippen molar-refractivity contribution >= 4 is 5.91 Å². The molecule has 1 aromatic carbocycles. The number of hydrogen-bond acceptors (Lipinski definition) is 3. The maximum absolute atomic E-state index is 13.0. The van der Waals surface area contributed by atoms with Crippen LogP contribution in [-0.2, 0) is 17.9 Å². The first kappa shape index (κ1) is 17.6. The second kappa shape index (κ2) is 7.78. The van der Waals surface area contributed by atoms with Gasteiger partial charge in [-0.05, 0) is 37.1 Å². The van der Waals surface area contributed by atoms with Gasteiger partial charge in [-0.1, -0.05) is 12.1 Å². The summed E-state index contributed by atoms with van der Waals surface area (Å²) < 4.78 is 14.8. The number of likely N-dealkylation sites (tertiary alicyclic amines) is 1. The predicted molar refractivity (Wildman–Crippen MR) is 94.4 cm³/mol. The molecule has 0 radical (unpaired) electrons. The fourth-order valence-electron chi connectivity index (χ4n) is 3.44. The molecule has 0 spiro atoms. The minimum absolute atomic E-state index is 0.173. The Kier molecular flexibility index (Phi) is 5.48. The summed E-state index contributed by atoms with van der Waals surface area (Å²) in [6, 6.07) is 6.51. The van der Waals surface area contributed by atoms with Crippen LogP contribution in [0.2, 0.25) is 0 Å². The molecule has 1 aliphatic rings. The molecule has 1 aliphatic heterocycles. The highest BCUT2D eigenvalue weighted by Crippen LogP contribution is 2.18. The third-order valence-corrected chi connectivity index (χ3v) is 4.70. The summed E-state index contributed by atoms with van der Waals surface area (Å²) in [5, 5.41) is 4.40. The fourth-order valence-corrected chi connectivity index (χ4v) is 3.44. The number of hydrogen-bond donors (Lipinski definition) is 0. The van der Waals surface area contributed by atoms with E-state index in [2.05, 4.69) is 17.0 Å². The molecule has 3 rings (SSSR count). The summed E-state index contributed by atoms with van der Waals surface area (Å²) in [4.78, 5) is 15.6. The Bertz CT molecular complexity index is 712. The average molecular weight is 344 g/mol. The Balaban J connectivity index is 1.49. The largest absolute Gasteiger partial charge is 0.343 e. The van der Waals surface area contributed by atoms with Gasteiger partial charge in [-0.25, -0.2) is 4.39 Å². The molecule has 2 aromatic rings. The molecule has 0 aliphatic carbocycles. The topological polar surface area (TPSA) is 41.4 Å². The number of rotatable bonds is 6. The van der Waals surface area contributed by atoms with Gasteiger partial charge in [-0.2, -0.15) is 5.10 Å². The van der Waals surface area contributed by atoms with Crippen LogP contribution in [0.15, 0.2) is 36.7 Å². The van der Waals surface area contributed by atoms with Crippen molar-refractivity contribution < 1.29 is 9.18 Å². The molecule has 1 fully saturated rings. The number of halogens is 1. The van der Waals surface area contributed by atoms with Crippen molar-refractivity contribution in [2.75, 3.05) is 26.7 Å². The van der Waals surface area contributed by atoms with Crippen LogP contribution in [0.1, 0.15) is 24.5 Å². The van der Waals surface area contributed by atoms with Crippen LogP contribution in [0.25, 0.3) is 0 Å². The lowest BCUT2D eigenvalue weighted by molar-refractivity contribution is -0.127. The van der Waals surface area contributed by atoms with Gasteiger partial charge in [-0.3, -0.25) is 9.48 Å². The van der Waals surface area contributed by atoms with Crippen LogP contribution in [-0.4, -0.2) is 52.2 Å². The second-order valence-corrected chi connectivity index (χ2v) is 6.99. The van der Waals surface area contributed by atoms with Gasteiger partial charge < -0.3 is 9.80 Å². The first-order valence-corrected chi connectivity index (χ1v) is 8.69. The van der Waals surface area contributed by atoms with Gasteiger partial charge in [0.1, 0.15) is 5.82 Å². The molecule has 1 atom stereocenters.